The number of nitrogens with one attached hydrogen (secondary N) is 1. The van der Waals surface area contributed by atoms with Crippen molar-refractivity contribution in [1.82, 2.24) is 5.32 Å². The molecular weight excluding hydrogens is 224 g/mol. The fraction of sp³-hybridized carbons (Fsp3) is 0.273. The zero-order valence-corrected chi connectivity index (χ0v) is 9.43. The molecule has 3 N–H and O–H groups in total. The van der Waals surface area contributed by atoms with Crippen molar-refractivity contribution in [2.24, 2.45) is 0 Å². The van der Waals surface area contributed by atoms with E-state index in [1.807, 2.05) is 0 Å². The fourth-order valence-electron chi connectivity index (χ4n) is 1.03. The standard InChI is InChI=1S/C11H14N2O4/c1-16-10(14)6-13-11(15)17-7-8-2-4-9(12)5-3-8/h2-5H,6-7,12H2,1H3,(H,13,15). The van der Waals surface area contributed by atoms with Crippen molar-refractivity contribution < 1.29 is 19.1 Å². The van der Waals surface area contributed by atoms with Gasteiger partial charge in [0.15, 0.2) is 0 Å². The number of ether oxygens (including phenoxy) is 2. The number of nitrogen functional groups attached to an aromatic ring is 1. The maximum Gasteiger partial charge on any atom is 0.407 e. The summed E-state index contributed by atoms with van der Waals surface area (Å²) >= 11 is 0. The maximum atomic E-state index is 11.1. The van der Waals surface area contributed by atoms with Gasteiger partial charge in [-0.1, -0.05) is 12.1 Å². The summed E-state index contributed by atoms with van der Waals surface area (Å²) in [6, 6.07) is 6.93. The van der Waals surface area contributed by atoms with Crippen molar-refractivity contribution in [1.29, 1.82) is 0 Å². The summed E-state index contributed by atoms with van der Waals surface area (Å²) in [5.74, 6) is -0.533. The number of carbonyl (C=O) groups excluding carboxylic acids is 2. The second-order valence-electron chi connectivity index (χ2n) is 3.25. The highest BCUT2D eigenvalue weighted by Gasteiger charge is 2.05. The van der Waals surface area contributed by atoms with E-state index >= 15 is 0 Å². The summed E-state index contributed by atoms with van der Waals surface area (Å²) in [4.78, 5) is 21.9. The molecule has 0 radical (unpaired) electrons. The zero-order valence-electron chi connectivity index (χ0n) is 9.43. The van der Waals surface area contributed by atoms with Crippen molar-refractivity contribution in [2.75, 3.05) is 19.4 Å². The average Bonchev–Trinajstić information content (AvgIpc) is 2.35. The predicted molar refractivity (Wildman–Crippen MR) is 61.1 cm³/mol. The van der Waals surface area contributed by atoms with E-state index in [0.717, 1.165) is 5.56 Å². The first-order valence-electron chi connectivity index (χ1n) is 4.93. The molecule has 0 heterocycles. The number of methoxy groups -OCH3 is 1. The fourth-order valence-corrected chi connectivity index (χ4v) is 1.03. The molecule has 0 atom stereocenters. The zero-order chi connectivity index (χ0) is 12.7. The lowest BCUT2D eigenvalue weighted by Gasteiger charge is -2.06. The first-order chi connectivity index (χ1) is 8.11. The van der Waals surface area contributed by atoms with Crippen molar-refractivity contribution in [2.45, 2.75) is 6.61 Å². The van der Waals surface area contributed by atoms with E-state index < -0.39 is 12.1 Å². The van der Waals surface area contributed by atoms with Crippen LogP contribution in [0.4, 0.5) is 10.5 Å². The van der Waals surface area contributed by atoms with Gasteiger partial charge in [-0.05, 0) is 17.7 Å². The van der Waals surface area contributed by atoms with Crippen LogP contribution in [0.1, 0.15) is 5.56 Å². The van der Waals surface area contributed by atoms with Crippen LogP contribution in [0.5, 0.6) is 0 Å². The molecule has 0 aromatic heterocycles. The second-order valence-corrected chi connectivity index (χ2v) is 3.25. The van der Waals surface area contributed by atoms with E-state index in [4.69, 9.17) is 10.5 Å². The Labute approximate surface area is 98.7 Å². The molecule has 0 saturated heterocycles. The van der Waals surface area contributed by atoms with Crippen LogP contribution in [0.2, 0.25) is 0 Å². The first kappa shape index (κ1) is 12.8. The molecular formula is C11H14N2O4. The number of rotatable bonds is 4. The van der Waals surface area contributed by atoms with Gasteiger partial charge in [-0.3, -0.25) is 4.79 Å². The number of hydrogen-bond acceptors (Lipinski definition) is 5. The molecule has 0 saturated carbocycles. The van der Waals surface area contributed by atoms with Gasteiger partial charge in [0, 0.05) is 5.69 Å². The van der Waals surface area contributed by atoms with Gasteiger partial charge in [-0.15, -0.1) is 0 Å². The van der Waals surface area contributed by atoms with Crippen LogP contribution in [0.25, 0.3) is 0 Å². The lowest BCUT2D eigenvalue weighted by molar-refractivity contribution is -0.139. The molecule has 1 rings (SSSR count). The van der Waals surface area contributed by atoms with E-state index in [1.54, 1.807) is 24.3 Å². The number of amides is 1. The van der Waals surface area contributed by atoms with E-state index in [2.05, 4.69) is 10.1 Å². The number of benzene rings is 1. The Morgan fingerprint density at radius 1 is 1.29 bits per heavy atom. The number of anilines is 1. The third-order valence-corrected chi connectivity index (χ3v) is 1.95. The molecule has 0 fully saturated rings. The minimum Gasteiger partial charge on any atom is -0.468 e. The van der Waals surface area contributed by atoms with Crippen LogP contribution in [0.3, 0.4) is 0 Å². The van der Waals surface area contributed by atoms with E-state index in [1.165, 1.54) is 7.11 Å². The Hall–Kier alpha value is -2.24. The molecule has 1 amide bonds. The number of hydrogen-bond donors (Lipinski definition) is 2. The quantitative estimate of drug-likeness (QED) is 0.594. The van der Waals surface area contributed by atoms with Crippen LogP contribution in [0, 0.1) is 0 Å². The maximum absolute atomic E-state index is 11.1. The molecule has 0 aliphatic heterocycles. The van der Waals surface area contributed by atoms with Gasteiger partial charge < -0.3 is 20.5 Å². The summed E-state index contributed by atoms with van der Waals surface area (Å²) in [5, 5.41) is 2.25. The van der Waals surface area contributed by atoms with Crippen molar-refractivity contribution in [3.63, 3.8) is 0 Å². The van der Waals surface area contributed by atoms with Crippen LogP contribution in [0.15, 0.2) is 24.3 Å². The lowest BCUT2D eigenvalue weighted by atomic mass is 10.2. The van der Waals surface area contributed by atoms with Gasteiger partial charge in [-0.25, -0.2) is 4.79 Å². The summed E-state index contributed by atoms with van der Waals surface area (Å²) in [6.45, 7) is -0.0929. The van der Waals surface area contributed by atoms with Gasteiger partial charge >= 0.3 is 12.1 Å². The molecule has 0 aliphatic rings. The molecule has 0 unspecified atom stereocenters. The normalized spacial score (nSPS) is 9.47. The van der Waals surface area contributed by atoms with Crippen molar-refractivity contribution in [3.05, 3.63) is 29.8 Å². The van der Waals surface area contributed by atoms with Crippen molar-refractivity contribution >= 4 is 17.7 Å². The molecule has 1 aromatic carbocycles. The molecule has 17 heavy (non-hydrogen) atoms. The molecule has 1 aromatic rings. The van der Waals surface area contributed by atoms with Gasteiger partial charge in [0.1, 0.15) is 13.2 Å². The molecule has 6 nitrogen and oxygen atoms in total. The molecule has 92 valence electrons. The highest BCUT2D eigenvalue weighted by molar-refractivity contribution is 5.77. The second kappa shape index (κ2) is 6.37. The van der Waals surface area contributed by atoms with Gasteiger partial charge in [0.25, 0.3) is 0 Å². The Kier molecular flexibility index (Phi) is 4.80. The largest absolute Gasteiger partial charge is 0.468 e. The number of carbonyl (C=O) groups is 2. The predicted octanol–water partition coefficient (Wildman–Crippen LogP) is 0.668. The summed E-state index contributed by atoms with van der Waals surface area (Å²) in [6.07, 6.45) is -0.674. The SMILES string of the molecule is COC(=O)CNC(=O)OCc1ccc(N)cc1. The smallest absolute Gasteiger partial charge is 0.407 e. The third-order valence-electron chi connectivity index (χ3n) is 1.95. The van der Waals surface area contributed by atoms with Crippen LogP contribution in [-0.2, 0) is 20.9 Å². The first-order valence-corrected chi connectivity index (χ1v) is 4.93. The Morgan fingerprint density at radius 2 is 1.94 bits per heavy atom. The van der Waals surface area contributed by atoms with Gasteiger partial charge in [0.2, 0.25) is 0 Å². The number of nitrogens with two attached hydrogens (primary N) is 1. The van der Waals surface area contributed by atoms with E-state index in [0.29, 0.717) is 5.69 Å². The van der Waals surface area contributed by atoms with E-state index in [9.17, 15) is 9.59 Å². The number of esters is 1. The van der Waals surface area contributed by atoms with Crippen molar-refractivity contribution in [3.8, 4) is 0 Å². The van der Waals surface area contributed by atoms with Crippen LogP contribution < -0.4 is 11.1 Å². The molecule has 0 bridgehead atoms. The Balaban J connectivity index is 2.28. The molecule has 0 aliphatic carbocycles. The lowest BCUT2D eigenvalue weighted by Crippen LogP contribution is -2.30. The number of alkyl carbamates (subject to hydrolysis) is 1. The summed E-state index contributed by atoms with van der Waals surface area (Å²) < 4.78 is 9.22. The minimum absolute atomic E-state index is 0.118. The molecule has 6 heteroatoms. The van der Waals surface area contributed by atoms with Crippen LogP contribution in [-0.4, -0.2) is 25.7 Å². The summed E-state index contributed by atoms with van der Waals surface area (Å²) in [7, 11) is 1.24. The monoisotopic (exact) mass is 238 g/mol. The Morgan fingerprint density at radius 3 is 2.53 bits per heavy atom. The molecule has 0 spiro atoms. The minimum atomic E-state index is -0.674. The van der Waals surface area contributed by atoms with Gasteiger partial charge in [-0.2, -0.15) is 0 Å². The van der Waals surface area contributed by atoms with E-state index in [-0.39, 0.29) is 13.2 Å². The van der Waals surface area contributed by atoms with Crippen LogP contribution >= 0.6 is 0 Å². The van der Waals surface area contributed by atoms with Gasteiger partial charge in [0.05, 0.1) is 7.11 Å². The summed E-state index contributed by atoms with van der Waals surface area (Å²) in [5.41, 5.74) is 6.96. The highest BCUT2D eigenvalue weighted by Crippen LogP contribution is 2.06. The highest BCUT2D eigenvalue weighted by atomic mass is 16.6. The third kappa shape index (κ3) is 4.87. The average molecular weight is 238 g/mol. The Bertz CT molecular complexity index is 389. The topological polar surface area (TPSA) is 90.6 Å².